The van der Waals surface area contributed by atoms with Crippen molar-refractivity contribution in [2.75, 3.05) is 20.3 Å². The summed E-state index contributed by atoms with van der Waals surface area (Å²) in [6.45, 7) is 6.77. The van der Waals surface area contributed by atoms with Crippen molar-refractivity contribution in [3.8, 4) is 0 Å². The highest BCUT2D eigenvalue weighted by Crippen LogP contribution is 2.37. The van der Waals surface area contributed by atoms with Gasteiger partial charge in [-0.2, -0.15) is 0 Å². The number of methoxy groups -OCH3 is 1. The molecule has 1 saturated carbocycles. The van der Waals surface area contributed by atoms with Gasteiger partial charge in [0.25, 0.3) is 0 Å². The van der Waals surface area contributed by atoms with E-state index in [4.69, 9.17) is 15.2 Å². The van der Waals surface area contributed by atoms with Gasteiger partial charge in [-0.3, -0.25) is 4.79 Å². The predicted molar refractivity (Wildman–Crippen MR) is 66.5 cm³/mol. The summed E-state index contributed by atoms with van der Waals surface area (Å²) in [7, 11) is 1.40. The molecule has 4 nitrogen and oxygen atoms in total. The molecule has 2 atom stereocenters. The Labute approximate surface area is 104 Å². The van der Waals surface area contributed by atoms with Crippen LogP contribution in [0.25, 0.3) is 0 Å². The van der Waals surface area contributed by atoms with Crippen LogP contribution in [-0.4, -0.2) is 31.8 Å². The van der Waals surface area contributed by atoms with Crippen molar-refractivity contribution in [1.82, 2.24) is 0 Å². The van der Waals surface area contributed by atoms with E-state index < -0.39 is 5.41 Å². The van der Waals surface area contributed by atoms with Crippen LogP contribution in [0.3, 0.4) is 0 Å². The molecular formula is C13H25NO3. The van der Waals surface area contributed by atoms with Gasteiger partial charge in [0.15, 0.2) is 0 Å². The topological polar surface area (TPSA) is 61.5 Å². The largest absolute Gasteiger partial charge is 0.469 e. The van der Waals surface area contributed by atoms with E-state index in [0.717, 1.165) is 19.3 Å². The van der Waals surface area contributed by atoms with E-state index in [1.165, 1.54) is 7.11 Å². The first-order valence-electron chi connectivity index (χ1n) is 6.28. The Hall–Kier alpha value is -0.610. The summed E-state index contributed by atoms with van der Waals surface area (Å²) in [4.78, 5) is 11.6. The van der Waals surface area contributed by atoms with Gasteiger partial charge >= 0.3 is 5.97 Å². The van der Waals surface area contributed by atoms with Crippen LogP contribution in [0.15, 0.2) is 0 Å². The van der Waals surface area contributed by atoms with Gasteiger partial charge in [0.05, 0.1) is 24.7 Å². The lowest BCUT2D eigenvalue weighted by Crippen LogP contribution is -2.42. The van der Waals surface area contributed by atoms with Crippen LogP contribution in [0.5, 0.6) is 0 Å². The van der Waals surface area contributed by atoms with Crippen LogP contribution in [0.4, 0.5) is 0 Å². The molecule has 100 valence electrons. The average Bonchev–Trinajstić information content (AvgIpc) is 2.68. The highest BCUT2D eigenvalue weighted by atomic mass is 16.5. The number of carbonyl (C=O) groups excluding carboxylic acids is 1. The molecule has 1 rings (SSSR count). The Bertz CT molecular complexity index is 278. The number of rotatable bonds is 5. The fourth-order valence-electron chi connectivity index (χ4n) is 2.39. The first-order valence-corrected chi connectivity index (χ1v) is 6.28. The molecule has 0 aromatic carbocycles. The van der Waals surface area contributed by atoms with Crippen molar-refractivity contribution in [3.63, 3.8) is 0 Å². The number of nitrogens with two attached hydrogens (primary N) is 1. The summed E-state index contributed by atoms with van der Waals surface area (Å²) in [5.41, 5.74) is 4.99. The van der Waals surface area contributed by atoms with Crippen LogP contribution < -0.4 is 5.73 Å². The van der Waals surface area contributed by atoms with Crippen LogP contribution in [0.1, 0.15) is 40.0 Å². The lowest BCUT2D eigenvalue weighted by Gasteiger charge is -2.32. The van der Waals surface area contributed by atoms with Crippen LogP contribution in [0.2, 0.25) is 0 Å². The predicted octanol–water partition coefficient (Wildman–Crippen LogP) is 1.72. The van der Waals surface area contributed by atoms with Gasteiger partial charge in [-0.05, 0) is 39.0 Å². The van der Waals surface area contributed by atoms with Crippen molar-refractivity contribution in [2.45, 2.75) is 45.6 Å². The van der Waals surface area contributed by atoms with Crippen LogP contribution in [0, 0.1) is 11.3 Å². The maximum absolute atomic E-state index is 11.6. The molecule has 1 fully saturated rings. The molecule has 0 heterocycles. The second kappa shape index (κ2) is 5.36. The third-order valence-electron chi connectivity index (χ3n) is 3.66. The van der Waals surface area contributed by atoms with E-state index in [0.29, 0.717) is 19.1 Å². The Morgan fingerprint density at radius 1 is 1.53 bits per heavy atom. The summed E-state index contributed by atoms with van der Waals surface area (Å²) in [5.74, 6) is 0.413. The maximum atomic E-state index is 11.6. The van der Waals surface area contributed by atoms with E-state index in [-0.39, 0.29) is 11.6 Å². The molecule has 0 spiro atoms. The van der Waals surface area contributed by atoms with Gasteiger partial charge in [0.2, 0.25) is 0 Å². The van der Waals surface area contributed by atoms with Gasteiger partial charge in [-0.25, -0.2) is 0 Å². The zero-order chi connectivity index (χ0) is 13.1. The van der Waals surface area contributed by atoms with E-state index >= 15 is 0 Å². The van der Waals surface area contributed by atoms with E-state index in [9.17, 15) is 4.79 Å². The molecule has 1 aliphatic carbocycles. The van der Waals surface area contributed by atoms with E-state index in [1.807, 2.05) is 13.8 Å². The van der Waals surface area contributed by atoms with Crippen molar-refractivity contribution < 1.29 is 14.3 Å². The lowest BCUT2D eigenvalue weighted by atomic mass is 9.93. The summed E-state index contributed by atoms with van der Waals surface area (Å²) in [5, 5.41) is 0. The normalized spacial score (nSPS) is 29.4. The number of esters is 1. The zero-order valence-corrected chi connectivity index (χ0v) is 11.4. The fraction of sp³-hybridized carbons (Fsp3) is 0.923. The molecule has 0 aromatic heterocycles. The molecule has 1 aliphatic rings. The van der Waals surface area contributed by atoms with Crippen molar-refractivity contribution in [3.05, 3.63) is 0 Å². The Kier molecular flexibility index (Phi) is 4.55. The highest BCUT2D eigenvalue weighted by molar-refractivity contribution is 5.75. The number of hydrogen-bond donors (Lipinski definition) is 1. The van der Waals surface area contributed by atoms with Crippen molar-refractivity contribution in [2.24, 2.45) is 17.1 Å². The first kappa shape index (κ1) is 14.5. The monoisotopic (exact) mass is 243 g/mol. The quantitative estimate of drug-likeness (QED) is 0.747. The van der Waals surface area contributed by atoms with Crippen LogP contribution >= 0.6 is 0 Å². The molecule has 0 aromatic rings. The van der Waals surface area contributed by atoms with Gasteiger partial charge in [0, 0.05) is 6.54 Å². The highest BCUT2D eigenvalue weighted by Gasteiger charge is 2.40. The molecule has 0 bridgehead atoms. The first-order chi connectivity index (χ1) is 7.85. The average molecular weight is 243 g/mol. The zero-order valence-electron chi connectivity index (χ0n) is 11.4. The van der Waals surface area contributed by atoms with Gasteiger partial charge in [-0.15, -0.1) is 0 Å². The molecule has 0 amide bonds. The summed E-state index contributed by atoms with van der Waals surface area (Å²) >= 11 is 0. The standard InChI is InChI=1S/C13H25NO3/c1-10-5-6-13(7-10,8-14)17-9-12(2,3)11(15)16-4/h10H,5-9,14H2,1-4H3. The number of hydrogen-bond acceptors (Lipinski definition) is 4. The minimum absolute atomic E-state index is 0.231. The SMILES string of the molecule is COC(=O)C(C)(C)COC1(CN)CCC(C)C1. The summed E-state index contributed by atoms with van der Waals surface area (Å²) < 4.78 is 10.7. The van der Waals surface area contributed by atoms with Gasteiger partial charge < -0.3 is 15.2 Å². The van der Waals surface area contributed by atoms with Crippen LogP contribution in [-0.2, 0) is 14.3 Å². The molecule has 17 heavy (non-hydrogen) atoms. The molecule has 0 saturated heterocycles. The van der Waals surface area contributed by atoms with Crippen molar-refractivity contribution in [1.29, 1.82) is 0 Å². The number of ether oxygens (including phenoxy) is 2. The van der Waals surface area contributed by atoms with Gasteiger partial charge in [0.1, 0.15) is 0 Å². The lowest BCUT2D eigenvalue weighted by molar-refractivity contribution is -0.158. The minimum atomic E-state index is -0.608. The molecule has 0 aliphatic heterocycles. The van der Waals surface area contributed by atoms with E-state index in [1.54, 1.807) is 0 Å². The van der Waals surface area contributed by atoms with Gasteiger partial charge in [-0.1, -0.05) is 6.92 Å². The summed E-state index contributed by atoms with van der Waals surface area (Å²) in [6, 6.07) is 0. The molecule has 2 N–H and O–H groups in total. The Balaban J connectivity index is 2.56. The molecular weight excluding hydrogens is 218 g/mol. The third-order valence-corrected chi connectivity index (χ3v) is 3.66. The third kappa shape index (κ3) is 3.42. The maximum Gasteiger partial charge on any atom is 0.313 e. The number of carbonyl (C=O) groups is 1. The second-order valence-corrected chi connectivity index (χ2v) is 5.90. The Morgan fingerprint density at radius 2 is 2.18 bits per heavy atom. The minimum Gasteiger partial charge on any atom is -0.469 e. The summed E-state index contributed by atoms with van der Waals surface area (Å²) in [6.07, 6.45) is 3.12. The van der Waals surface area contributed by atoms with Crippen molar-refractivity contribution >= 4 is 5.97 Å². The molecule has 2 unspecified atom stereocenters. The fourth-order valence-corrected chi connectivity index (χ4v) is 2.39. The Morgan fingerprint density at radius 3 is 2.59 bits per heavy atom. The smallest absolute Gasteiger partial charge is 0.313 e. The molecule has 4 heteroatoms. The van der Waals surface area contributed by atoms with E-state index in [2.05, 4.69) is 6.92 Å². The molecule has 0 radical (unpaired) electrons. The second-order valence-electron chi connectivity index (χ2n) is 5.90.